The van der Waals surface area contributed by atoms with Crippen LogP contribution in [0.1, 0.15) is 19.8 Å². The number of hydroxylamine groups is 2. The average Bonchev–Trinajstić information content (AvgIpc) is 1.82. The van der Waals surface area contributed by atoms with E-state index in [1.807, 2.05) is 6.92 Å². The Labute approximate surface area is 63.6 Å². The number of hydrogen-bond acceptors (Lipinski definition) is 4. The summed E-state index contributed by atoms with van der Waals surface area (Å²) in [6.45, 7) is 2.67. The predicted molar refractivity (Wildman–Crippen MR) is 37.5 cm³/mol. The molecule has 0 saturated carbocycles. The minimum absolute atomic E-state index is 0.643. The fraction of sp³-hybridized carbons (Fsp3) is 1.00. The van der Waals surface area contributed by atoms with Crippen molar-refractivity contribution in [2.45, 2.75) is 19.8 Å². The first-order valence-electron chi connectivity index (χ1n) is 3.15. The van der Waals surface area contributed by atoms with Gasteiger partial charge in [-0.3, -0.25) is 0 Å². The van der Waals surface area contributed by atoms with Gasteiger partial charge in [-0.15, -0.1) is 0 Å². The quantitative estimate of drug-likeness (QED) is 0.439. The Balaban J connectivity index is 3.25. The largest absolute Gasteiger partial charge is 0.748 e. The second-order valence-electron chi connectivity index (χ2n) is 1.98. The van der Waals surface area contributed by atoms with Crippen LogP contribution in [0.5, 0.6) is 0 Å². The molecule has 0 aromatic rings. The first-order valence-corrected chi connectivity index (χ1v) is 4.15. The van der Waals surface area contributed by atoms with Gasteiger partial charge in [-0.2, -0.15) is 5.06 Å². The molecule has 0 heterocycles. The highest BCUT2D eigenvalue weighted by Gasteiger charge is 1.95. The molecule has 0 spiro atoms. The maximum Gasteiger partial charge on any atom is 0.106 e. The molecule has 0 N–H and O–H groups in total. The number of hydrogen-bond donors (Lipinski definition) is 0. The molecule has 0 rings (SSSR count). The smallest absolute Gasteiger partial charge is 0.106 e. The Bertz CT molecular complexity index is 109. The molecule has 0 aliphatic heterocycles. The highest BCUT2D eigenvalue weighted by molar-refractivity contribution is 7.74. The summed E-state index contributed by atoms with van der Waals surface area (Å²) in [5.74, 6) is 0. The zero-order valence-electron chi connectivity index (χ0n) is 6.20. The van der Waals surface area contributed by atoms with Crippen LogP contribution in [0.3, 0.4) is 0 Å². The Morgan fingerprint density at radius 1 is 1.70 bits per heavy atom. The van der Waals surface area contributed by atoms with Gasteiger partial charge in [0, 0.05) is 13.6 Å². The van der Waals surface area contributed by atoms with Gasteiger partial charge in [0.1, 0.15) is 11.4 Å². The lowest BCUT2D eigenvalue weighted by Gasteiger charge is -2.15. The zero-order valence-corrected chi connectivity index (χ0v) is 7.02. The molecule has 4 nitrogen and oxygen atoms in total. The molecular formula is C5H12NO3S-. The van der Waals surface area contributed by atoms with E-state index in [9.17, 15) is 8.76 Å². The normalized spacial score (nSPS) is 14.0. The molecule has 0 aromatic carbocycles. The summed E-state index contributed by atoms with van der Waals surface area (Å²) < 4.78 is 24.1. The fourth-order valence-corrected chi connectivity index (χ4v) is 0.804. The van der Waals surface area contributed by atoms with E-state index in [1.165, 1.54) is 5.06 Å². The minimum atomic E-state index is -2.42. The van der Waals surface area contributed by atoms with Gasteiger partial charge < -0.3 is 4.55 Å². The summed E-state index contributed by atoms with van der Waals surface area (Å²) in [4.78, 5) is 0. The fourth-order valence-electron chi connectivity index (χ4n) is 0.522. The van der Waals surface area contributed by atoms with Crippen LogP contribution in [-0.2, 0) is 15.6 Å². The van der Waals surface area contributed by atoms with Crippen LogP contribution < -0.4 is 0 Å². The van der Waals surface area contributed by atoms with Crippen molar-refractivity contribution in [1.29, 1.82) is 0 Å². The molecule has 0 amide bonds. The van der Waals surface area contributed by atoms with Crippen LogP contribution in [0.15, 0.2) is 0 Å². The second kappa shape index (κ2) is 5.79. The maximum absolute atomic E-state index is 9.91. The zero-order chi connectivity index (χ0) is 7.98. The molecule has 1 atom stereocenters. The molecule has 1 unspecified atom stereocenters. The van der Waals surface area contributed by atoms with Crippen LogP contribution in [-0.4, -0.2) is 27.4 Å². The maximum atomic E-state index is 9.91. The molecule has 0 aromatic heterocycles. The highest BCUT2D eigenvalue weighted by Crippen LogP contribution is 1.93. The van der Waals surface area contributed by atoms with Crippen molar-refractivity contribution >= 4 is 11.4 Å². The first kappa shape index (κ1) is 10.0. The van der Waals surface area contributed by atoms with Crippen molar-refractivity contribution in [3.63, 3.8) is 0 Å². The number of rotatable bonds is 5. The van der Waals surface area contributed by atoms with E-state index in [0.29, 0.717) is 6.54 Å². The van der Waals surface area contributed by atoms with E-state index >= 15 is 0 Å². The third kappa shape index (κ3) is 6.15. The van der Waals surface area contributed by atoms with E-state index < -0.39 is 11.4 Å². The van der Waals surface area contributed by atoms with Gasteiger partial charge in [0.15, 0.2) is 0 Å². The summed E-state index contributed by atoms with van der Waals surface area (Å²) in [5.41, 5.74) is 0. The van der Waals surface area contributed by atoms with E-state index in [4.69, 9.17) is 0 Å². The monoisotopic (exact) mass is 166 g/mol. The van der Waals surface area contributed by atoms with Gasteiger partial charge in [0.05, 0.1) is 0 Å². The van der Waals surface area contributed by atoms with E-state index in [2.05, 4.69) is 4.28 Å². The Kier molecular flexibility index (Phi) is 5.81. The topological polar surface area (TPSA) is 52.6 Å². The lowest BCUT2D eigenvalue weighted by Crippen LogP contribution is -2.21. The molecule has 10 heavy (non-hydrogen) atoms. The highest BCUT2D eigenvalue weighted by atomic mass is 32.2. The van der Waals surface area contributed by atoms with Crippen molar-refractivity contribution in [3.8, 4) is 0 Å². The summed E-state index contributed by atoms with van der Waals surface area (Å²) >= 11 is -2.42. The average molecular weight is 166 g/mol. The lowest BCUT2D eigenvalue weighted by molar-refractivity contribution is -0.0273. The second-order valence-corrected chi connectivity index (χ2v) is 2.54. The Morgan fingerprint density at radius 3 is 2.70 bits per heavy atom. The van der Waals surface area contributed by atoms with Crippen LogP contribution in [0, 0.1) is 0 Å². The SMILES string of the molecule is CCCCN(C)OS(=O)[O-]. The van der Waals surface area contributed by atoms with Gasteiger partial charge in [-0.1, -0.05) is 13.3 Å². The summed E-state index contributed by atoms with van der Waals surface area (Å²) in [7, 11) is 1.59. The minimum Gasteiger partial charge on any atom is -0.748 e. The van der Waals surface area contributed by atoms with Crippen molar-refractivity contribution in [2.24, 2.45) is 0 Å². The summed E-state index contributed by atoms with van der Waals surface area (Å²) in [5, 5.41) is 1.30. The molecule has 0 fully saturated rings. The first-order chi connectivity index (χ1) is 4.66. The van der Waals surface area contributed by atoms with Gasteiger partial charge in [-0.25, -0.2) is 8.49 Å². The molecular weight excluding hydrogens is 154 g/mol. The summed E-state index contributed by atoms with van der Waals surface area (Å²) in [6.07, 6.45) is 1.97. The Hall–Kier alpha value is 0.0300. The number of unbranched alkanes of at least 4 members (excludes halogenated alkanes) is 1. The number of nitrogens with zero attached hydrogens (tertiary/aromatic N) is 1. The van der Waals surface area contributed by atoms with E-state index in [0.717, 1.165) is 12.8 Å². The van der Waals surface area contributed by atoms with Crippen LogP contribution in [0.2, 0.25) is 0 Å². The van der Waals surface area contributed by atoms with Gasteiger partial charge in [0.2, 0.25) is 0 Å². The van der Waals surface area contributed by atoms with Crippen LogP contribution >= 0.6 is 0 Å². The standard InChI is InChI=1S/C5H13NO3S/c1-3-4-5-6(2)9-10(7)8/h3-5H2,1-2H3,(H,7,8)/p-1. The van der Waals surface area contributed by atoms with Crippen LogP contribution in [0.25, 0.3) is 0 Å². The van der Waals surface area contributed by atoms with Gasteiger partial charge in [0.25, 0.3) is 0 Å². The molecule has 0 aliphatic carbocycles. The third-order valence-corrected chi connectivity index (χ3v) is 1.39. The van der Waals surface area contributed by atoms with Crippen molar-refractivity contribution in [2.75, 3.05) is 13.6 Å². The molecule has 0 aliphatic rings. The van der Waals surface area contributed by atoms with Crippen molar-refractivity contribution < 1.29 is 13.0 Å². The Morgan fingerprint density at radius 2 is 2.30 bits per heavy atom. The summed E-state index contributed by atoms with van der Waals surface area (Å²) in [6, 6.07) is 0. The van der Waals surface area contributed by atoms with E-state index in [1.54, 1.807) is 7.05 Å². The lowest BCUT2D eigenvalue weighted by atomic mass is 10.3. The van der Waals surface area contributed by atoms with Crippen molar-refractivity contribution in [3.05, 3.63) is 0 Å². The molecule has 0 radical (unpaired) electrons. The third-order valence-electron chi connectivity index (χ3n) is 1.01. The molecule has 0 saturated heterocycles. The van der Waals surface area contributed by atoms with Crippen LogP contribution in [0.4, 0.5) is 0 Å². The van der Waals surface area contributed by atoms with Crippen molar-refractivity contribution in [1.82, 2.24) is 5.06 Å². The predicted octanol–water partition coefficient (Wildman–Crippen LogP) is 0.444. The molecule has 62 valence electrons. The molecule has 5 heteroatoms. The van der Waals surface area contributed by atoms with E-state index in [-0.39, 0.29) is 0 Å². The van der Waals surface area contributed by atoms with Gasteiger partial charge in [-0.05, 0) is 6.42 Å². The molecule has 0 bridgehead atoms. The van der Waals surface area contributed by atoms with Gasteiger partial charge >= 0.3 is 0 Å².